The number of nitro groups is 1. The number of carbonyl (C=O) groups is 1. The predicted octanol–water partition coefficient (Wildman–Crippen LogP) is 1.27. The Bertz CT molecular complexity index is 575. The van der Waals surface area contributed by atoms with E-state index in [0.717, 1.165) is 5.56 Å². The number of nitrogens with one attached hydrogen (secondary N) is 1. The van der Waals surface area contributed by atoms with Crippen molar-refractivity contribution in [2.45, 2.75) is 13.0 Å². The van der Waals surface area contributed by atoms with Crippen LogP contribution in [0.2, 0.25) is 0 Å². The van der Waals surface area contributed by atoms with Gasteiger partial charge in [-0.1, -0.05) is 18.1 Å². The molecule has 1 atom stereocenters. The lowest BCUT2D eigenvalue weighted by molar-refractivity contribution is -0.384. The van der Waals surface area contributed by atoms with Gasteiger partial charge in [0.15, 0.2) is 0 Å². The average molecular weight is 305 g/mol. The average Bonchev–Trinajstić information content (AvgIpc) is 2.49. The molecule has 0 saturated heterocycles. The minimum atomic E-state index is -0.932. The summed E-state index contributed by atoms with van der Waals surface area (Å²) in [6, 6.07) is 6.13. The van der Waals surface area contributed by atoms with E-state index in [9.17, 15) is 14.9 Å². The highest BCUT2D eigenvalue weighted by Gasteiger charge is 2.17. The summed E-state index contributed by atoms with van der Waals surface area (Å²) in [5.74, 6) is 4.83. The molecule has 0 fully saturated rings. The number of nitro benzene ring substituents is 1. The monoisotopic (exact) mass is 305 g/mol. The van der Waals surface area contributed by atoms with Gasteiger partial charge in [0.1, 0.15) is 0 Å². The maximum Gasteiger partial charge on any atom is 0.317 e. The molecule has 7 heteroatoms. The van der Waals surface area contributed by atoms with E-state index in [1.807, 2.05) is 11.9 Å². The second-order valence-corrected chi connectivity index (χ2v) is 4.73. The SMILES string of the molecule is CC#CCN(C)C(CNCC(=O)O)c1ccc([N+](=O)[O-])cc1. The van der Waals surface area contributed by atoms with Crippen LogP contribution in [0.1, 0.15) is 18.5 Å². The number of nitrogens with zero attached hydrogens (tertiary/aromatic N) is 2. The van der Waals surface area contributed by atoms with Crippen LogP contribution in [0.4, 0.5) is 5.69 Å². The standard InChI is InChI=1S/C15H19N3O4/c1-3-4-9-17(2)14(10-16-11-15(19)20)12-5-7-13(8-6-12)18(21)22/h5-8,14,16H,9-11H2,1-2H3,(H,19,20). The quantitative estimate of drug-likeness (QED) is 0.426. The number of aliphatic carboxylic acids is 1. The number of non-ortho nitro benzene ring substituents is 1. The normalized spacial score (nSPS) is 11.6. The Labute approximate surface area is 129 Å². The summed E-state index contributed by atoms with van der Waals surface area (Å²) in [6.07, 6.45) is 0. The first kappa shape index (κ1) is 17.6. The van der Waals surface area contributed by atoms with Crippen molar-refractivity contribution in [2.75, 3.05) is 26.7 Å². The fourth-order valence-corrected chi connectivity index (χ4v) is 1.98. The van der Waals surface area contributed by atoms with Crippen LogP contribution in [0.25, 0.3) is 0 Å². The Morgan fingerprint density at radius 1 is 1.45 bits per heavy atom. The minimum absolute atomic E-state index is 0.0250. The van der Waals surface area contributed by atoms with Crippen molar-refractivity contribution in [1.82, 2.24) is 10.2 Å². The highest BCUT2D eigenvalue weighted by molar-refractivity contribution is 5.69. The number of benzene rings is 1. The van der Waals surface area contributed by atoms with Gasteiger partial charge in [-0.2, -0.15) is 0 Å². The van der Waals surface area contributed by atoms with Gasteiger partial charge >= 0.3 is 5.97 Å². The molecule has 0 bridgehead atoms. The Kier molecular flexibility index (Phi) is 7.02. The first-order chi connectivity index (χ1) is 10.5. The Morgan fingerprint density at radius 2 is 2.09 bits per heavy atom. The molecular weight excluding hydrogens is 286 g/mol. The van der Waals surface area contributed by atoms with Crippen molar-refractivity contribution < 1.29 is 14.8 Å². The van der Waals surface area contributed by atoms with Crippen LogP contribution in [0.15, 0.2) is 24.3 Å². The minimum Gasteiger partial charge on any atom is -0.480 e. The fourth-order valence-electron chi connectivity index (χ4n) is 1.98. The molecular formula is C15H19N3O4. The van der Waals surface area contributed by atoms with Crippen LogP contribution in [0.5, 0.6) is 0 Å². The molecule has 7 nitrogen and oxygen atoms in total. The topological polar surface area (TPSA) is 95.7 Å². The molecule has 0 spiro atoms. The van der Waals surface area contributed by atoms with Crippen LogP contribution >= 0.6 is 0 Å². The van der Waals surface area contributed by atoms with E-state index in [4.69, 9.17) is 5.11 Å². The summed E-state index contributed by atoms with van der Waals surface area (Å²) in [7, 11) is 1.87. The summed E-state index contributed by atoms with van der Waals surface area (Å²) in [5, 5.41) is 22.3. The van der Waals surface area contributed by atoms with Gasteiger partial charge in [-0.3, -0.25) is 19.8 Å². The van der Waals surface area contributed by atoms with Gasteiger partial charge in [0.05, 0.1) is 18.0 Å². The van der Waals surface area contributed by atoms with Gasteiger partial charge in [-0.15, -0.1) is 5.92 Å². The predicted molar refractivity (Wildman–Crippen MR) is 82.4 cm³/mol. The number of hydrogen-bond donors (Lipinski definition) is 2. The molecule has 118 valence electrons. The number of carboxylic acid groups (broad SMARTS) is 1. The van der Waals surface area contributed by atoms with E-state index in [0.29, 0.717) is 13.1 Å². The Balaban J connectivity index is 2.88. The molecule has 22 heavy (non-hydrogen) atoms. The zero-order valence-electron chi connectivity index (χ0n) is 12.6. The van der Waals surface area contributed by atoms with E-state index in [-0.39, 0.29) is 18.3 Å². The lowest BCUT2D eigenvalue weighted by Gasteiger charge is -2.27. The van der Waals surface area contributed by atoms with Crippen molar-refractivity contribution in [3.63, 3.8) is 0 Å². The maximum atomic E-state index is 10.7. The van der Waals surface area contributed by atoms with Crippen molar-refractivity contribution >= 4 is 11.7 Å². The van der Waals surface area contributed by atoms with Crippen LogP contribution in [-0.2, 0) is 4.79 Å². The fraction of sp³-hybridized carbons (Fsp3) is 0.400. The van der Waals surface area contributed by atoms with Crippen molar-refractivity contribution in [1.29, 1.82) is 0 Å². The molecule has 1 aromatic carbocycles. The summed E-state index contributed by atoms with van der Waals surface area (Å²) in [6.45, 7) is 2.53. The van der Waals surface area contributed by atoms with Gasteiger partial charge in [0.25, 0.3) is 5.69 Å². The van der Waals surface area contributed by atoms with Gasteiger partial charge in [0, 0.05) is 24.7 Å². The van der Waals surface area contributed by atoms with Gasteiger partial charge in [-0.05, 0) is 19.5 Å². The van der Waals surface area contributed by atoms with Crippen molar-refractivity contribution in [3.05, 3.63) is 39.9 Å². The highest BCUT2D eigenvalue weighted by atomic mass is 16.6. The summed E-state index contributed by atoms with van der Waals surface area (Å²) < 4.78 is 0. The molecule has 1 rings (SSSR count). The molecule has 1 unspecified atom stereocenters. The summed E-state index contributed by atoms with van der Waals surface area (Å²) in [4.78, 5) is 22.8. The van der Waals surface area contributed by atoms with E-state index < -0.39 is 10.9 Å². The van der Waals surface area contributed by atoms with E-state index in [2.05, 4.69) is 17.2 Å². The second kappa shape index (κ2) is 8.77. The first-order valence-electron chi connectivity index (χ1n) is 6.72. The largest absolute Gasteiger partial charge is 0.480 e. The summed E-state index contributed by atoms with van der Waals surface area (Å²) in [5.41, 5.74) is 0.890. The zero-order chi connectivity index (χ0) is 16.5. The smallest absolute Gasteiger partial charge is 0.317 e. The van der Waals surface area contributed by atoms with E-state index in [1.54, 1.807) is 19.1 Å². The highest BCUT2D eigenvalue weighted by Crippen LogP contribution is 2.21. The molecule has 0 heterocycles. The van der Waals surface area contributed by atoms with Gasteiger partial charge in [-0.25, -0.2) is 0 Å². The third kappa shape index (κ3) is 5.52. The van der Waals surface area contributed by atoms with Crippen LogP contribution in [-0.4, -0.2) is 47.6 Å². The Morgan fingerprint density at radius 3 is 2.59 bits per heavy atom. The van der Waals surface area contributed by atoms with Gasteiger partial charge in [0.2, 0.25) is 0 Å². The lowest BCUT2D eigenvalue weighted by Crippen LogP contribution is -2.35. The summed E-state index contributed by atoms with van der Waals surface area (Å²) >= 11 is 0. The molecule has 0 aliphatic carbocycles. The third-order valence-corrected chi connectivity index (χ3v) is 3.14. The maximum absolute atomic E-state index is 10.7. The third-order valence-electron chi connectivity index (χ3n) is 3.14. The molecule has 0 aliphatic heterocycles. The number of hydrogen-bond acceptors (Lipinski definition) is 5. The van der Waals surface area contributed by atoms with Crippen LogP contribution < -0.4 is 5.32 Å². The number of carboxylic acids is 1. The van der Waals surface area contributed by atoms with E-state index >= 15 is 0 Å². The number of likely N-dealkylation sites (N-methyl/N-ethyl adjacent to an activating group) is 1. The number of rotatable bonds is 8. The molecule has 0 amide bonds. The van der Waals surface area contributed by atoms with E-state index in [1.165, 1.54) is 12.1 Å². The van der Waals surface area contributed by atoms with Crippen LogP contribution in [0.3, 0.4) is 0 Å². The molecule has 0 aromatic heterocycles. The second-order valence-electron chi connectivity index (χ2n) is 4.73. The molecule has 1 aromatic rings. The van der Waals surface area contributed by atoms with Crippen LogP contribution in [0, 0.1) is 22.0 Å². The van der Waals surface area contributed by atoms with Crippen molar-refractivity contribution in [2.24, 2.45) is 0 Å². The molecule has 0 aliphatic rings. The first-order valence-corrected chi connectivity index (χ1v) is 6.72. The molecule has 0 radical (unpaired) electrons. The molecule has 2 N–H and O–H groups in total. The molecule has 0 saturated carbocycles. The lowest BCUT2D eigenvalue weighted by atomic mass is 10.0. The van der Waals surface area contributed by atoms with Gasteiger partial charge < -0.3 is 10.4 Å². The van der Waals surface area contributed by atoms with Crippen molar-refractivity contribution in [3.8, 4) is 11.8 Å². The Hall–Kier alpha value is -2.43. The zero-order valence-corrected chi connectivity index (χ0v) is 12.6.